The van der Waals surface area contributed by atoms with Crippen molar-refractivity contribution in [3.63, 3.8) is 0 Å². The molecule has 158 valence electrons. The average Bonchev–Trinajstić information content (AvgIpc) is 3.40. The summed E-state index contributed by atoms with van der Waals surface area (Å²) in [5.74, 6) is 0.391. The lowest BCUT2D eigenvalue weighted by Crippen LogP contribution is -2.49. The van der Waals surface area contributed by atoms with E-state index in [1.807, 2.05) is 23.1 Å². The topological polar surface area (TPSA) is 92.5 Å². The summed E-state index contributed by atoms with van der Waals surface area (Å²) >= 11 is 4.45. The molecule has 0 spiro atoms. The highest BCUT2D eigenvalue weighted by Crippen LogP contribution is 2.32. The fourth-order valence-electron chi connectivity index (χ4n) is 3.42. The molecule has 1 saturated heterocycles. The largest absolute Gasteiger partial charge is 0.345 e. The van der Waals surface area contributed by atoms with Gasteiger partial charge in [0.25, 0.3) is 5.69 Å². The number of nitrogens with zero attached hydrogens (tertiary/aromatic N) is 5. The fourth-order valence-corrected chi connectivity index (χ4v) is 6.45. The van der Waals surface area contributed by atoms with Gasteiger partial charge in [0, 0.05) is 38.3 Å². The summed E-state index contributed by atoms with van der Waals surface area (Å²) in [6.07, 6.45) is 0. The molecule has 1 aliphatic heterocycles. The van der Waals surface area contributed by atoms with Crippen LogP contribution in [-0.2, 0) is 4.79 Å². The first-order chi connectivity index (χ1) is 15.1. The van der Waals surface area contributed by atoms with Gasteiger partial charge in [-0.3, -0.25) is 14.9 Å². The van der Waals surface area contributed by atoms with E-state index in [1.54, 1.807) is 17.4 Å². The Morgan fingerprint density at radius 3 is 2.58 bits per heavy atom. The Kier molecular flexibility index (Phi) is 5.47. The number of benzene rings is 2. The Morgan fingerprint density at radius 2 is 1.81 bits per heavy atom. The number of carbonyl (C=O) groups excluding carboxylic acids is 1. The van der Waals surface area contributed by atoms with E-state index in [4.69, 9.17) is 4.98 Å². The van der Waals surface area contributed by atoms with Crippen LogP contribution in [0.1, 0.15) is 0 Å². The predicted octanol–water partition coefficient (Wildman–Crippen LogP) is 4.26. The molecule has 0 bridgehead atoms. The number of non-ortho nitro benzene ring substituents is 1. The molecule has 0 atom stereocenters. The summed E-state index contributed by atoms with van der Waals surface area (Å²) in [5, 5.41) is 11.9. The van der Waals surface area contributed by atoms with Gasteiger partial charge in [-0.25, -0.2) is 9.97 Å². The molecular weight excluding hydrogens is 454 g/mol. The van der Waals surface area contributed by atoms with Gasteiger partial charge in [0.1, 0.15) is 0 Å². The van der Waals surface area contributed by atoms with Crippen LogP contribution >= 0.6 is 34.4 Å². The number of hydrogen-bond donors (Lipinski definition) is 0. The normalized spacial score (nSPS) is 14.5. The summed E-state index contributed by atoms with van der Waals surface area (Å²) in [6.45, 7) is 2.87. The van der Waals surface area contributed by atoms with E-state index in [0.29, 0.717) is 18.8 Å². The van der Waals surface area contributed by atoms with Crippen LogP contribution in [0.4, 0.5) is 10.8 Å². The monoisotopic (exact) mass is 471 g/mol. The Bertz CT molecular complexity index is 1250. The maximum Gasteiger partial charge on any atom is 0.270 e. The van der Waals surface area contributed by atoms with Gasteiger partial charge in [-0.15, -0.1) is 11.3 Å². The minimum atomic E-state index is -0.413. The van der Waals surface area contributed by atoms with Crippen molar-refractivity contribution in [1.29, 1.82) is 0 Å². The Morgan fingerprint density at radius 1 is 1.03 bits per heavy atom. The van der Waals surface area contributed by atoms with Crippen LogP contribution in [0.2, 0.25) is 0 Å². The van der Waals surface area contributed by atoms with Crippen molar-refractivity contribution in [2.45, 2.75) is 4.34 Å². The van der Waals surface area contributed by atoms with Gasteiger partial charge in [0.05, 0.1) is 31.1 Å². The molecule has 0 N–H and O–H groups in total. The maximum absolute atomic E-state index is 12.7. The number of thioether (sulfide) groups is 1. The Balaban J connectivity index is 1.17. The van der Waals surface area contributed by atoms with Crippen LogP contribution < -0.4 is 4.90 Å². The minimum Gasteiger partial charge on any atom is -0.345 e. The molecule has 0 saturated carbocycles. The van der Waals surface area contributed by atoms with Gasteiger partial charge in [-0.05, 0) is 18.2 Å². The Labute approximate surface area is 189 Å². The molecule has 1 amide bonds. The average molecular weight is 472 g/mol. The number of nitro benzene ring substituents is 1. The molecule has 4 aromatic rings. The number of thiazole rings is 2. The molecule has 11 heteroatoms. The number of hydrogen-bond acceptors (Lipinski definition) is 9. The van der Waals surface area contributed by atoms with Crippen molar-refractivity contribution in [2.24, 2.45) is 0 Å². The van der Waals surface area contributed by atoms with Crippen LogP contribution in [0, 0.1) is 10.1 Å². The highest BCUT2D eigenvalue weighted by atomic mass is 32.2. The molecule has 2 aromatic carbocycles. The Hall–Kier alpha value is -2.76. The molecule has 0 unspecified atom stereocenters. The summed E-state index contributed by atoms with van der Waals surface area (Å²) in [5.41, 5.74) is 1.78. The van der Waals surface area contributed by atoms with E-state index >= 15 is 0 Å². The number of nitro groups is 1. The number of anilines is 1. The van der Waals surface area contributed by atoms with Gasteiger partial charge in [-0.2, -0.15) is 0 Å². The van der Waals surface area contributed by atoms with E-state index < -0.39 is 4.92 Å². The summed E-state index contributed by atoms with van der Waals surface area (Å²) < 4.78 is 2.68. The quantitative estimate of drug-likeness (QED) is 0.244. The second-order valence-corrected chi connectivity index (χ2v) is 10.3. The summed E-state index contributed by atoms with van der Waals surface area (Å²) in [6, 6.07) is 12.7. The van der Waals surface area contributed by atoms with Gasteiger partial charge >= 0.3 is 0 Å². The van der Waals surface area contributed by atoms with Gasteiger partial charge < -0.3 is 9.80 Å². The fraction of sp³-hybridized carbons (Fsp3) is 0.250. The first-order valence-corrected chi connectivity index (χ1v) is 12.2. The number of piperazine rings is 1. The number of carbonyl (C=O) groups is 1. The molecule has 31 heavy (non-hydrogen) atoms. The van der Waals surface area contributed by atoms with E-state index in [0.717, 1.165) is 38.3 Å². The lowest BCUT2D eigenvalue weighted by atomic mass is 10.3. The van der Waals surface area contributed by atoms with Gasteiger partial charge in [0.15, 0.2) is 9.47 Å². The number of rotatable bonds is 5. The van der Waals surface area contributed by atoms with Crippen LogP contribution in [0.5, 0.6) is 0 Å². The zero-order valence-corrected chi connectivity index (χ0v) is 18.7. The molecule has 1 fully saturated rings. The van der Waals surface area contributed by atoms with Crippen molar-refractivity contribution in [3.05, 3.63) is 52.6 Å². The van der Waals surface area contributed by atoms with Gasteiger partial charge in [0.2, 0.25) is 5.91 Å². The number of amides is 1. The molecule has 1 aliphatic rings. The molecule has 0 radical (unpaired) electrons. The zero-order chi connectivity index (χ0) is 21.4. The van der Waals surface area contributed by atoms with E-state index in [9.17, 15) is 14.9 Å². The predicted molar refractivity (Wildman–Crippen MR) is 125 cm³/mol. The molecule has 2 aromatic heterocycles. The lowest BCUT2D eigenvalue weighted by Gasteiger charge is -2.34. The van der Waals surface area contributed by atoms with Gasteiger partial charge in [-0.1, -0.05) is 35.2 Å². The van der Waals surface area contributed by atoms with Crippen LogP contribution in [-0.4, -0.2) is 57.6 Å². The van der Waals surface area contributed by atoms with Crippen molar-refractivity contribution in [1.82, 2.24) is 14.9 Å². The summed E-state index contributed by atoms with van der Waals surface area (Å²) in [7, 11) is 0. The molecule has 0 aliphatic carbocycles. The molecule has 8 nitrogen and oxygen atoms in total. The minimum absolute atomic E-state index is 0.0507. The first kappa shape index (κ1) is 20.2. The third-order valence-corrected chi connectivity index (χ3v) is 8.31. The molecule has 5 rings (SSSR count). The highest BCUT2D eigenvalue weighted by Gasteiger charge is 2.23. The molecule has 3 heterocycles. The highest BCUT2D eigenvalue weighted by molar-refractivity contribution is 8.01. The number of fused-ring (bicyclic) bond motifs is 2. The lowest BCUT2D eigenvalue weighted by molar-refractivity contribution is -0.384. The van der Waals surface area contributed by atoms with Crippen molar-refractivity contribution in [3.8, 4) is 0 Å². The summed E-state index contributed by atoms with van der Waals surface area (Å²) in [4.78, 5) is 36.5. The first-order valence-electron chi connectivity index (χ1n) is 9.63. The smallest absolute Gasteiger partial charge is 0.270 e. The van der Waals surface area contributed by atoms with E-state index in [1.165, 1.54) is 39.9 Å². The SMILES string of the molecule is O=C(CSc1nc2ccc([N+](=O)[O-])cc2s1)N1CCN(c2nc3ccccc3s2)CC1. The third-order valence-electron chi connectivity index (χ3n) is 5.07. The van der Waals surface area contributed by atoms with Crippen LogP contribution in [0.25, 0.3) is 20.4 Å². The van der Waals surface area contributed by atoms with Crippen LogP contribution in [0.15, 0.2) is 46.8 Å². The third kappa shape index (κ3) is 4.21. The number of aromatic nitrogens is 2. The number of para-hydroxylation sites is 1. The van der Waals surface area contributed by atoms with E-state index in [2.05, 4.69) is 16.0 Å². The maximum atomic E-state index is 12.7. The van der Waals surface area contributed by atoms with Crippen molar-refractivity contribution >= 4 is 71.6 Å². The standard InChI is InChI=1S/C20H17N5O3S3/c26-18(12-29-20-22-15-6-5-13(25(27)28)11-17(15)31-20)23-7-9-24(10-8-23)19-21-14-3-1-2-4-16(14)30-19/h1-6,11H,7-10,12H2. The molecular formula is C20H17N5O3S3. The van der Waals surface area contributed by atoms with Crippen molar-refractivity contribution in [2.75, 3.05) is 36.8 Å². The second kappa shape index (κ2) is 8.40. The van der Waals surface area contributed by atoms with Crippen LogP contribution in [0.3, 0.4) is 0 Å². The second-order valence-electron chi connectivity index (χ2n) is 7.01. The van der Waals surface area contributed by atoms with E-state index in [-0.39, 0.29) is 11.6 Å². The zero-order valence-electron chi connectivity index (χ0n) is 16.3. The van der Waals surface area contributed by atoms with Crippen molar-refractivity contribution < 1.29 is 9.72 Å².